The lowest BCUT2D eigenvalue weighted by atomic mass is 10.3. The molecule has 1 heterocycles. The lowest BCUT2D eigenvalue weighted by Crippen LogP contribution is -2.20. The van der Waals surface area contributed by atoms with E-state index in [1.54, 1.807) is 0 Å². The lowest BCUT2D eigenvalue weighted by molar-refractivity contribution is 0.325. The van der Waals surface area contributed by atoms with E-state index in [9.17, 15) is 0 Å². The van der Waals surface area contributed by atoms with Crippen LogP contribution in [0.15, 0.2) is 24.6 Å². The Balaban J connectivity index is 2.56. The number of rotatable bonds is 2. The highest BCUT2D eigenvalue weighted by atomic mass is 15.3. The molecular formula is C8H14N2. The van der Waals surface area contributed by atoms with E-state index in [4.69, 9.17) is 0 Å². The van der Waals surface area contributed by atoms with Gasteiger partial charge in [-0.2, -0.15) is 0 Å². The van der Waals surface area contributed by atoms with Crippen molar-refractivity contribution >= 4 is 0 Å². The Hall–Kier alpha value is -0.920. The molecule has 0 aromatic heterocycles. The van der Waals surface area contributed by atoms with E-state index in [-0.39, 0.29) is 0 Å². The Labute approximate surface area is 62.4 Å². The van der Waals surface area contributed by atoms with Gasteiger partial charge in [0.05, 0.1) is 6.67 Å². The van der Waals surface area contributed by atoms with Gasteiger partial charge in [-0.15, -0.1) is 6.58 Å². The molecule has 0 spiro atoms. The van der Waals surface area contributed by atoms with E-state index in [1.165, 1.54) is 5.70 Å². The Bertz CT molecular complexity index is 161. The molecule has 0 bridgehead atoms. The van der Waals surface area contributed by atoms with Gasteiger partial charge < -0.3 is 9.80 Å². The van der Waals surface area contributed by atoms with Gasteiger partial charge in [0.25, 0.3) is 0 Å². The summed E-state index contributed by atoms with van der Waals surface area (Å²) in [4.78, 5) is 4.39. The second kappa shape index (κ2) is 2.78. The summed E-state index contributed by atoms with van der Waals surface area (Å²) in [6.07, 6.45) is 5.06. The maximum Gasteiger partial charge on any atom is 0.0890 e. The fraction of sp³-hybridized carbons (Fsp3) is 0.500. The zero-order valence-electron chi connectivity index (χ0n) is 6.67. The molecule has 0 N–H and O–H groups in total. The predicted molar refractivity (Wildman–Crippen MR) is 43.3 cm³/mol. The Morgan fingerprint density at radius 3 is 2.80 bits per heavy atom. The highest BCUT2D eigenvalue weighted by Crippen LogP contribution is 2.14. The monoisotopic (exact) mass is 138 g/mol. The van der Waals surface area contributed by atoms with E-state index in [0.717, 1.165) is 13.1 Å². The summed E-state index contributed by atoms with van der Waals surface area (Å²) in [6, 6.07) is 0. The average Bonchev–Trinajstić information content (AvgIpc) is 2.13. The van der Waals surface area contributed by atoms with E-state index in [2.05, 4.69) is 36.7 Å². The first kappa shape index (κ1) is 7.19. The molecule has 0 atom stereocenters. The Morgan fingerprint density at radius 2 is 2.40 bits per heavy atom. The molecule has 56 valence electrons. The fourth-order valence-corrected chi connectivity index (χ4v) is 1.18. The van der Waals surface area contributed by atoms with Crippen molar-refractivity contribution < 1.29 is 0 Å². The van der Waals surface area contributed by atoms with Crippen LogP contribution in [0.25, 0.3) is 0 Å². The molecule has 0 radical (unpaired) electrons. The topological polar surface area (TPSA) is 6.48 Å². The molecule has 1 aliphatic heterocycles. The first-order chi connectivity index (χ1) is 4.74. The van der Waals surface area contributed by atoms with Gasteiger partial charge in [-0.1, -0.05) is 6.08 Å². The zero-order chi connectivity index (χ0) is 7.56. The first-order valence-corrected chi connectivity index (χ1v) is 3.47. The van der Waals surface area contributed by atoms with Crippen LogP contribution in [0.1, 0.15) is 6.42 Å². The third-order valence-electron chi connectivity index (χ3n) is 1.65. The number of hydrogen-bond acceptors (Lipinski definition) is 2. The molecule has 1 aliphatic rings. The maximum absolute atomic E-state index is 3.70. The predicted octanol–water partition coefficient (Wildman–Crippen LogP) is 1.24. The quantitative estimate of drug-likeness (QED) is 0.530. The number of nitrogens with zero attached hydrogens (tertiary/aromatic N) is 2. The van der Waals surface area contributed by atoms with Crippen molar-refractivity contribution in [3.8, 4) is 0 Å². The van der Waals surface area contributed by atoms with Gasteiger partial charge >= 0.3 is 0 Å². The second-order valence-electron chi connectivity index (χ2n) is 2.71. The van der Waals surface area contributed by atoms with Crippen LogP contribution in [0.4, 0.5) is 0 Å². The average molecular weight is 138 g/mol. The summed E-state index contributed by atoms with van der Waals surface area (Å²) in [5.74, 6) is 0. The number of allylic oxidation sites excluding steroid dienone is 1. The number of hydrogen-bond donors (Lipinski definition) is 0. The van der Waals surface area contributed by atoms with E-state index >= 15 is 0 Å². The van der Waals surface area contributed by atoms with Crippen molar-refractivity contribution in [3.05, 3.63) is 24.6 Å². The summed E-state index contributed by atoms with van der Waals surface area (Å²) < 4.78 is 0. The van der Waals surface area contributed by atoms with Crippen LogP contribution in [0.3, 0.4) is 0 Å². The Morgan fingerprint density at radius 1 is 1.70 bits per heavy atom. The van der Waals surface area contributed by atoms with Gasteiger partial charge in [0, 0.05) is 32.4 Å². The van der Waals surface area contributed by atoms with Crippen LogP contribution >= 0.6 is 0 Å². The smallest absolute Gasteiger partial charge is 0.0890 e. The van der Waals surface area contributed by atoms with Gasteiger partial charge in [-0.25, -0.2) is 0 Å². The van der Waals surface area contributed by atoms with Crippen molar-refractivity contribution in [2.24, 2.45) is 0 Å². The molecule has 0 aliphatic carbocycles. The van der Waals surface area contributed by atoms with E-state index in [0.29, 0.717) is 0 Å². The van der Waals surface area contributed by atoms with Crippen LogP contribution < -0.4 is 0 Å². The van der Waals surface area contributed by atoms with Crippen LogP contribution in [0, 0.1) is 0 Å². The summed E-state index contributed by atoms with van der Waals surface area (Å²) in [5.41, 5.74) is 1.34. The molecule has 0 saturated carbocycles. The minimum Gasteiger partial charge on any atom is -0.361 e. The van der Waals surface area contributed by atoms with E-state index < -0.39 is 0 Å². The van der Waals surface area contributed by atoms with Crippen LogP contribution in [0.5, 0.6) is 0 Å². The van der Waals surface area contributed by atoms with Crippen LogP contribution in [-0.4, -0.2) is 30.6 Å². The van der Waals surface area contributed by atoms with Crippen LogP contribution in [0.2, 0.25) is 0 Å². The summed E-state index contributed by atoms with van der Waals surface area (Å²) >= 11 is 0. The molecule has 10 heavy (non-hydrogen) atoms. The molecule has 1 rings (SSSR count). The van der Waals surface area contributed by atoms with Gasteiger partial charge in [-0.05, 0) is 0 Å². The van der Waals surface area contributed by atoms with Crippen LogP contribution in [-0.2, 0) is 0 Å². The maximum atomic E-state index is 3.70. The summed E-state index contributed by atoms with van der Waals surface area (Å²) in [7, 11) is 4.17. The second-order valence-corrected chi connectivity index (χ2v) is 2.71. The van der Waals surface area contributed by atoms with Gasteiger partial charge in [0.1, 0.15) is 0 Å². The molecular weight excluding hydrogens is 124 g/mol. The molecule has 0 saturated heterocycles. The third-order valence-corrected chi connectivity index (χ3v) is 1.65. The highest BCUT2D eigenvalue weighted by Gasteiger charge is 2.11. The van der Waals surface area contributed by atoms with Crippen molar-refractivity contribution in [1.29, 1.82) is 0 Å². The molecule has 0 aromatic carbocycles. The van der Waals surface area contributed by atoms with Crippen molar-refractivity contribution in [2.75, 3.05) is 20.8 Å². The highest BCUT2D eigenvalue weighted by molar-refractivity contribution is 5.08. The van der Waals surface area contributed by atoms with Gasteiger partial charge in [0.2, 0.25) is 0 Å². The van der Waals surface area contributed by atoms with Gasteiger partial charge in [0.15, 0.2) is 0 Å². The van der Waals surface area contributed by atoms with Crippen molar-refractivity contribution in [1.82, 2.24) is 9.80 Å². The first-order valence-electron chi connectivity index (χ1n) is 3.47. The van der Waals surface area contributed by atoms with E-state index in [1.807, 2.05) is 6.08 Å². The SMILES string of the molecule is C=CCC1=CN(C)CN1C. The molecule has 0 fully saturated rings. The Kier molecular flexibility index (Phi) is 2.00. The normalized spacial score (nSPS) is 17.6. The standard InChI is InChI=1S/C8H14N2/c1-4-5-8-6-9(2)7-10(8)3/h4,6H,1,5,7H2,2-3H3. The third kappa shape index (κ3) is 1.32. The molecule has 0 aromatic rings. The molecule has 0 amide bonds. The minimum absolute atomic E-state index is 0.973. The minimum atomic E-state index is 0.973. The van der Waals surface area contributed by atoms with Gasteiger partial charge in [-0.3, -0.25) is 0 Å². The van der Waals surface area contributed by atoms with Crippen molar-refractivity contribution in [2.45, 2.75) is 6.42 Å². The van der Waals surface area contributed by atoms with Crippen molar-refractivity contribution in [3.63, 3.8) is 0 Å². The lowest BCUT2D eigenvalue weighted by Gasteiger charge is -2.15. The molecule has 2 heteroatoms. The fourth-order valence-electron chi connectivity index (χ4n) is 1.18. The molecule has 0 unspecified atom stereocenters. The summed E-state index contributed by atoms with van der Waals surface area (Å²) in [5, 5.41) is 0. The summed E-state index contributed by atoms with van der Waals surface area (Å²) in [6.45, 7) is 4.70. The largest absolute Gasteiger partial charge is 0.361 e. The zero-order valence-corrected chi connectivity index (χ0v) is 6.67. The molecule has 2 nitrogen and oxygen atoms in total.